The third kappa shape index (κ3) is 3.33. The van der Waals surface area contributed by atoms with E-state index < -0.39 is 0 Å². The molecule has 1 rings (SSSR count). The van der Waals surface area contributed by atoms with Crippen LogP contribution in [0, 0.1) is 5.92 Å². The van der Waals surface area contributed by atoms with Gasteiger partial charge in [0, 0.05) is 11.2 Å². The zero-order valence-corrected chi connectivity index (χ0v) is 14.1. The van der Waals surface area contributed by atoms with Crippen LogP contribution in [-0.2, 0) is 0 Å². The van der Waals surface area contributed by atoms with Crippen molar-refractivity contribution in [2.75, 3.05) is 14.1 Å². The van der Waals surface area contributed by atoms with Gasteiger partial charge in [-0.05, 0) is 37.9 Å². The van der Waals surface area contributed by atoms with Crippen LogP contribution in [0.15, 0.2) is 0 Å². The van der Waals surface area contributed by atoms with Crippen LogP contribution in [0.1, 0.15) is 53.4 Å². The summed E-state index contributed by atoms with van der Waals surface area (Å²) in [6.45, 7) is 9.72. The van der Waals surface area contributed by atoms with Crippen molar-refractivity contribution in [3.05, 3.63) is 0 Å². The molecule has 0 saturated heterocycles. The van der Waals surface area contributed by atoms with Crippen LogP contribution in [0.25, 0.3) is 0 Å². The van der Waals surface area contributed by atoms with Gasteiger partial charge in [-0.25, -0.2) is 0 Å². The number of nitrogens with one attached hydrogen (secondary N) is 2. The molecule has 3 heteroatoms. The molecular formula is C14H32N2Si. The van der Waals surface area contributed by atoms with Crippen LogP contribution in [0.4, 0.5) is 0 Å². The SMILES string of the molecule is CNC1CCCCC1(NC)[SiH2]C(C)(C)C(C)C. The summed E-state index contributed by atoms with van der Waals surface area (Å²) in [6.07, 6.45) is 5.52. The van der Waals surface area contributed by atoms with Gasteiger partial charge in [0.05, 0.1) is 9.52 Å². The highest BCUT2D eigenvalue weighted by atomic mass is 28.2. The van der Waals surface area contributed by atoms with Crippen LogP contribution in [0.2, 0.25) is 5.04 Å². The topological polar surface area (TPSA) is 24.1 Å². The van der Waals surface area contributed by atoms with Gasteiger partial charge in [0.25, 0.3) is 0 Å². The summed E-state index contributed by atoms with van der Waals surface area (Å²) in [6, 6.07) is 0.686. The quantitative estimate of drug-likeness (QED) is 0.736. The lowest BCUT2D eigenvalue weighted by Gasteiger charge is -2.49. The molecule has 17 heavy (non-hydrogen) atoms. The molecule has 102 valence electrons. The van der Waals surface area contributed by atoms with Crippen molar-refractivity contribution in [2.45, 2.75) is 69.6 Å². The standard InChI is InChI=1S/C14H32N2Si/c1-11(2)13(3,4)17-14(16-6)10-8-7-9-12(14)15-5/h11-12,15-16H,7-10,17H2,1-6H3. The van der Waals surface area contributed by atoms with E-state index in [1.807, 2.05) is 0 Å². The van der Waals surface area contributed by atoms with Crippen LogP contribution in [-0.4, -0.2) is 34.8 Å². The Morgan fingerprint density at radius 3 is 2.35 bits per heavy atom. The maximum absolute atomic E-state index is 3.73. The number of hydrogen-bond acceptors (Lipinski definition) is 2. The highest BCUT2D eigenvalue weighted by molar-refractivity contribution is 6.44. The first-order chi connectivity index (χ1) is 7.88. The lowest BCUT2D eigenvalue weighted by molar-refractivity contribution is 0.257. The summed E-state index contributed by atoms with van der Waals surface area (Å²) < 4.78 is 0. The van der Waals surface area contributed by atoms with Gasteiger partial charge < -0.3 is 10.6 Å². The molecule has 1 aliphatic carbocycles. The summed E-state index contributed by atoms with van der Waals surface area (Å²) in [5.74, 6) is 0.791. The normalized spacial score (nSPS) is 31.6. The minimum atomic E-state index is -0.193. The van der Waals surface area contributed by atoms with Crippen LogP contribution >= 0.6 is 0 Å². The molecule has 1 saturated carbocycles. The van der Waals surface area contributed by atoms with E-state index in [1.54, 1.807) is 0 Å². The second kappa shape index (κ2) is 5.85. The average molecular weight is 257 g/mol. The molecule has 0 heterocycles. The molecule has 0 bridgehead atoms. The second-order valence-electron chi connectivity index (χ2n) is 6.81. The zero-order valence-electron chi connectivity index (χ0n) is 12.7. The first-order valence-corrected chi connectivity index (χ1v) is 8.65. The fourth-order valence-corrected chi connectivity index (χ4v) is 6.57. The molecule has 0 radical (unpaired) electrons. The van der Waals surface area contributed by atoms with Gasteiger partial charge in [0.2, 0.25) is 0 Å². The molecule has 1 fully saturated rings. The van der Waals surface area contributed by atoms with Gasteiger partial charge in [0.15, 0.2) is 0 Å². The highest BCUT2D eigenvalue weighted by Gasteiger charge is 2.43. The van der Waals surface area contributed by atoms with Gasteiger partial charge in [-0.1, -0.05) is 40.5 Å². The molecule has 0 aromatic rings. The number of hydrogen-bond donors (Lipinski definition) is 2. The molecule has 2 atom stereocenters. The Kier molecular flexibility index (Phi) is 5.23. The third-order valence-corrected chi connectivity index (χ3v) is 8.77. The summed E-state index contributed by atoms with van der Waals surface area (Å²) >= 11 is 0. The summed E-state index contributed by atoms with van der Waals surface area (Å²) in [5, 5.41) is 8.28. The molecule has 2 unspecified atom stereocenters. The Bertz CT molecular complexity index is 240. The predicted octanol–water partition coefficient (Wildman–Crippen LogP) is 2.09. The number of likely N-dealkylation sites (N-methyl/N-ethyl adjacent to an activating group) is 2. The Labute approximate surface area is 110 Å². The largest absolute Gasteiger partial charge is 0.316 e. The van der Waals surface area contributed by atoms with Crippen molar-refractivity contribution in [3.63, 3.8) is 0 Å². The Morgan fingerprint density at radius 2 is 1.88 bits per heavy atom. The van der Waals surface area contributed by atoms with E-state index in [1.165, 1.54) is 25.7 Å². The Morgan fingerprint density at radius 1 is 1.24 bits per heavy atom. The van der Waals surface area contributed by atoms with Crippen molar-refractivity contribution in [1.29, 1.82) is 0 Å². The fourth-order valence-electron chi connectivity index (χ4n) is 3.28. The van der Waals surface area contributed by atoms with Crippen molar-refractivity contribution < 1.29 is 0 Å². The molecule has 2 N–H and O–H groups in total. The van der Waals surface area contributed by atoms with Crippen molar-refractivity contribution in [1.82, 2.24) is 10.6 Å². The molecule has 2 nitrogen and oxygen atoms in total. The van der Waals surface area contributed by atoms with E-state index in [2.05, 4.69) is 52.4 Å². The zero-order chi connectivity index (χ0) is 13.1. The molecule has 0 aliphatic heterocycles. The smallest absolute Gasteiger partial charge is 0.0528 e. The van der Waals surface area contributed by atoms with Crippen LogP contribution in [0.5, 0.6) is 0 Å². The highest BCUT2D eigenvalue weighted by Crippen LogP contribution is 2.40. The third-order valence-electron chi connectivity index (χ3n) is 5.21. The van der Waals surface area contributed by atoms with Crippen molar-refractivity contribution >= 4 is 9.52 Å². The van der Waals surface area contributed by atoms with E-state index in [-0.39, 0.29) is 9.52 Å². The Hall–Kier alpha value is 0.137. The lowest BCUT2D eigenvalue weighted by atomic mass is 9.89. The van der Waals surface area contributed by atoms with E-state index in [0.29, 0.717) is 16.2 Å². The van der Waals surface area contributed by atoms with E-state index >= 15 is 0 Å². The Balaban J connectivity index is 2.86. The predicted molar refractivity (Wildman–Crippen MR) is 80.5 cm³/mol. The van der Waals surface area contributed by atoms with Gasteiger partial charge >= 0.3 is 0 Å². The first-order valence-electron chi connectivity index (χ1n) is 7.24. The van der Waals surface area contributed by atoms with Crippen LogP contribution in [0.3, 0.4) is 0 Å². The summed E-state index contributed by atoms with van der Waals surface area (Å²) in [7, 11) is 4.12. The van der Waals surface area contributed by atoms with Crippen LogP contribution < -0.4 is 10.6 Å². The van der Waals surface area contributed by atoms with Gasteiger partial charge in [-0.3, -0.25) is 0 Å². The van der Waals surface area contributed by atoms with E-state index in [4.69, 9.17) is 0 Å². The summed E-state index contributed by atoms with van der Waals surface area (Å²) in [4.78, 5) is 0. The molecule has 1 aliphatic rings. The van der Waals surface area contributed by atoms with Crippen molar-refractivity contribution in [2.24, 2.45) is 5.92 Å². The number of rotatable bonds is 5. The summed E-state index contributed by atoms with van der Waals surface area (Å²) in [5.41, 5.74) is 0. The molecule has 0 amide bonds. The van der Waals surface area contributed by atoms with E-state index in [9.17, 15) is 0 Å². The molecule has 0 aromatic heterocycles. The fraction of sp³-hybridized carbons (Fsp3) is 1.00. The average Bonchev–Trinajstić information content (AvgIpc) is 2.28. The first kappa shape index (κ1) is 15.2. The van der Waals surface area contributed by atoms with Gasteiger partial charge in [-0.15, -0.1) is 0 Å². The molecular weight excluding hydrogens is 224 g/mol. The molecule has 0 aromatic carbocycles. The minimum Gasteiger partial charge on any atom is -0.316 e. The van der Waals surface area contributed by atoms with Gasteiger partial charge in [-0.2, -0.15) is 0 Å². The second-order valence-corrected chi connectivity index (χ2v) is 10.3. The maximum atomic E-state index is 3.73. The molecule has 0 spiro atoms. The maximum Gasteiger partial charge on any atom is 0.0528 e. The van der Waals surface area contributed by atoms with Crippen molar-refractivity contribution in [3.8, 4) is 0 Å². The minimum absolute atomic E-state index is 0.193. The van der Waals surface area contributed by atoms with Gasteiger partial charge in [0.1, 0.15) is 0 Å². The monoisotopic (exact) mass is 256 g/mol. The lowest BCUT2D eigenvalue weighted by Crippen LogP contribution is -2.65. The van der Waals surface area contributed by atoms with E-state index in [0.717, 1.165) is 5.92 Å².